The van der Waals surface area contributed by atoms with Gasteiger partial charge < -0.3 is 10.3 Å². The maximum absolute atomic E-state index is 13.3. The molecule has 1 atom stereocenters. The summed E-state index contributed by atoms with van der Waals surface area (Å²) in [6.07, 6.45) is 3.73. The SMILES string of the molecule is CC1CCCCN1CC(C)(C)NC(=O)c1cc2cc(F)ccc2[nH]1. The number of halogens is 1. The van der Waals surface area contributed by atoms with Crippen molar-refractivity contribution in [2.24, 2.45) is 0 Å². The molecule has 0 bridgehead atoms. The van der Waals surface area contributed by atoms with Crippen LogP contribution in [0.3, 0.4) is 0 Å². The molecule has 0 aliphatic carbocycles. The second-order valence-electron chi connectivity index (χ2n) is 7.57. The van der Waals surface area contributed by atoms with Crippen molar-refractivity contribution in [2.75, 3.05) is 13.1 Å². The third-order valence-electron chi connectivity index (χ3n) is 4.82. The van der Waals surface area contributed by atoms with Crippen LogP contribution in [-0.4, -0.2) is 40.5 Å². The lowest BCUT2D eigenvalue weighted by Gasteiger charge is -2.39. The average molecular weight is 331 g/mol. The Kier molecular flexibility index (Phi) is 4.63. The summed E-state index contributed by atoms with van der Waals surface area (Å²) in [6, 6.07) is 6.74. The fourth-order valence-corrected chi connectivity index (χ4v) is 3.54. The van der Waals surface area contributed by atoms with Crippen molar-refractivity contribution in [3.63, 3.8) is 0 Å². The highest BCUT2D eigenvalue weighted by Crippen LogP contribution is 2.20. The maximum Gasteiger partial charge on any atom is 0.268 e. The number of carbonyl (C=O) groups excluding carboxylic acids is 1. The molecular weight excluding hydrogens is 305 g/mol. The monoisotopic (exact) mass is 331 g/mol. The lowest BCUT2D eigenvalue weighted by Crippen LogP contribution is -2.54. The summed E-state index contributed by atoms with van der Waals surface area (Å²) < 4.78 is 13.3. The summed E-state index contributed by atoms with van der Waals surface area (Å²) >= 11 is 0. The van der Waals surface area contributed by atoms with Crippen LogP contribution in [0.4, 0.5) is 4.39 Å². The third kappa shape index (κ3) is 3.78. The van der Waals surface area contributed by atoms with Crippen molar-refractivity contribution in [3.8, 4) is 0 Å². The number of fused-ring (bicyclic) bond motifs is 1. The van der Waals surface area contributed by atoms with Gasteiger partial charge in [0.1, 0.15) is 11.5 Å². The Balaban J connectivity index is 1.69. The molecule has 2 heterocycles. The standard InChI is InChI=1S/C19H26FN3O/c1-13-6-4-5-9-23(13)12-19(2,3)22-18(24)17-11-14-10-15(20)7-8-16(14)21-17/h7-8,10-11,13,21H,4-6,9,12H2,1-3H3,(H,22,24). The van der Waals surface area contributed by atoms with Crippen LogP contribution in [0.15, 0.2) is 24.3 Å². The molecule has 4 nitrogen and oxygen atoms in total. The maximum atomic E-state index is 13.3. The smallest absolute Gasteiger partial charge is 0.268 e. The Hall–Kier alpha value is -1.88. The number of aromatic nitrogens is 1. The van der Waals surface area contributed by atoms with Crippen molar-refractivity contribution in [1.82, 2.24) is 15.2 Å². The normalized spacial score (nSPS) is 19.6. The lowest BCUT2D eigenvalue weighted by molar-refractivity contribution is 0.0831. The molecule has 1 aliphatic heterocycles. The summed E-state index contributed by atoms with van der Waals surface area (Å²) in [7, 11) is 0. The molecule has 0 radical (unpaired) electrons. The summed E-state index contributed by atoms with van der Waals surface area (Å²) in [6.45, 7) is 8.27. The van der Waals surface area contributed by atoms with Crippen molar-refractivity contribution < 1.29 is 9.18 Å². The first-order valence-electron chi connectivity index (χ1n) is 8.69. The highest BCUT2D eigenvalue weighted by molar-refractivity contribution is 5.98. The number of hydrogen-bond acceptors (Lipinski definition) is 2. The largest absolute Gasteiger partial charge is 0.351 e. The zero-order valence-electron chi connectivity index (χ0n) is 14.7. The van der Waals surface area contributed by atoms with E-state index < -0.39 is 0 Å². The van der Waals surface area contributed by atoms with Gasteiger partial charge in [-0.25, -0.2) is 4.39 Å². The third-order valence-corrected chi connectivity index (χ3v) is 4.82. The van der Waals surface area contributed by atoms with E-state index in [2.05, 4.69) is 36.0 Å². The van der Waals surface area contributed by atoms with E-state index in [1.54, 1.807) is 12.1 Å². The topological polar surface area (TPSA) is 48.1 Å². The Bertz CT molecular complexity index is 737. The van der Waals surface area contributed by atoms with Crippen LogP contribution in [0.5, 0.6) is 0 Å². The van der Waals surface area contributed by atoms with Gasteiger partial charge in [-0.15, -0.1) is 0 Å². The minimum atomic E-state index is -0.328. The molecule has 5 heteroatoms. The van der Waals surface area contributed by atoms with Gasteiger partial charge in [0.2, 0.25) is 0 Å². The van der Waals surface area contributed by atoms with Gasteiger partial charge in [0.05, 0.1) is 0 Å². The zero-order valence-corrected chi connectivity index (χ0v) is 14.7. The van der Waals surface area contributed by atoms with Gasteiger partial charge in [-0.05, 0) is 64.4 Å². The summed E-state index contributed by atoms with van der Waals surface area (Å²) in [5.74, 6) is -0.450. The Labute approximate surface area is 142 Å². The van der Waals surface area contributed by atoms with Gasteiger partial charge in [0.15, 0.2) is 0 Å². The molecule has 1 fully saturated rings. The van der Waals surface area contributed by atoms with Gasteiger partial charge >= 0.3 is 0 Å². The van der Waals surface area contributed by atoms with Gasteiger partial charge in [-0.1, -0.05) is 6.42 Å². The molecule has 1 aromatic carbocycles. The molecule has 1 amide bonds. The zero-order chi connectivity index (χ0) is 17.3. The van der Waals surface area contributed by atoms with Gasteiger partial charge in [-0.3, -0.25) is 9.69 Å². The molecule has 2 N–H and O–H groups in total. The average Bonchev–Trinajstić information content (AvgIpc) is 2.92. The number of rotatable bonds is 4. The molecule has 1 aromatic heterocycles. The van der Waals surface area contributed by atoms with E-state index in [0.717, 1.165) is 18.6 Å². The quantitative estimate of drug-likeness (QED) is 0.897. The molecular formula is C19H26FN3O. The van der Waals surface area contributed by atoms with Crippen LogP contribution in [0, 0.1) is 5.82 Å². The number of nitrogens with one attached hydrogen (secondary N) is 2. The van der Waals surface area contributed by atoms with E-state index in [0.29, 0.717) is 17.1 Å². The number of benzene rings is 1. The molecule has 1 unspecified atom stereocenters. The fraction of sp³-hybridized carbons (Fsp3) is 0.526. The number of H-pyrrole nitrogens is 1. The summed E-state index contributed by atoms with van der Waals surface area (Å²) in [4.78, 5) is 18.1. The number of carbonyl (C=O) groups is 1. The number of amides is 1. The number of hydrogen-bond donors (Lipinski definition) is 2. The summed E-state index contributed by atoms with van der Waals surface area (Å²) in [5.41, 5.74) is 0.907. The van der Waals surface area contributed by atoms with E-state index in [4.69, 9.17) is 0 Å². The molecule has 24 heavy (non-hydrogen) atoms. The number of aromatic amines is 1. The minimum absolute atomic E-state index is 0.152. The minimum Gasteiger partial charge on any atom is -0.351 e. The lowest BCUT2D eigenvalue weighted by atomic mass is 9.98. The van der Waals surface area contributed by atoms with E-state index in [-0.39, 0.29) is 17.3 Å². The van der Waals surface area contributed by atoms with Crippen LogP contribution in [0.1, 0.15) is 50.5 Å². The Morgan fingerprint density at radius 1 is 1.38 bits per heavy atom. The highest BCUT2D eigenvalue weighted by atomic mass is 19.1. The van der Waals surface area contributed by atoms with E-state index in [9.17, 15) is 9.18 Å². The first-order chi connectivity index (χ1) is 11.3. The predicted molar refractivity (Wildman–Crippen MR) is 94.7 cm³/mol. The first-order valence-corrected chi connectivity index (χ1v) is 8.69. The van der Waals surface area contributed by atoms with Crippen molar-refractivity contribution in [1.29, 1.82) is 0 Å². The molecule has 1 aliphatic rings. The van der Waals surface area contributed by atoms with Gasteiger partial charge in [0.25, 0.3) is 5.91 Å². The molecule has 130 valence electrons. The molecule has 0 saturated carbocycles. The number of likely N-dealkylation sites (tertiary alicyclic amines) is 1. The van der Waals surface area contributed by atoms with Crippen LogP contribution >= 0.6 is 0 Å². The van der Waals surface area contributed by atoms with E-state index in [1.807, 2.05) is 0 Å². The van der Waals surface area contributed by atoms with E-state index >= 15 is 0 Å². The highest BCUT2D eigenvalue weighted by Gasteiger charge is 2.28. The predicted octanol–water partition coefficient (Wildman–Crippen LogP) is 3.69. The molecule has 2 aromatic rings. The van der Waals surface area contributed by atoms with E-state index in [1.165, 1.54) is 31.4 Å². The number of piperidine rings is 1. The van der Waals surface area contributed by atoms with Crippen LogP contribution in [0.2, 0.25) is 0 Å². The fourth-order valence-electron chi connectivity index (χ4n) is 3.54. The van der Waals surface area contributed by atoms with Crippen molar-refractivity contribution in [2.45, 2.75) is 51.6 Å². The van der Waals surface area contributed by atoms with Gasteiger partial charge in [0, 0.05) is 29.0 Å². The van der Waals surface area contributed by atoms with Crippen LogP contribution in [-0.2, 0) is 0 Å². The second kappa shape index (κ2) is 6.55. The van der Waals surface area contributed by atoms with Crippen LogP contribution in [0.25, 0.3) is 10.9 Å². The second-order valence-corrected chi connectivity index (χ2v) is 7.57. The van der Waals surface area contributed by atoms with Crippen molar-refractivity contribution in [3.05, 3.63) is 35.8 Å². The number of nitrogens with zero attached hydrogens (tertiary/aromatic N) is 1. The first kappa shape index (κ1) is 17.0. The van der Waals surface area contributed by atoms with Crippen LogP contribution < -0.4 is 5.32 Å². The Morgan fingerprint density at radius 2 is 2.17 bits per heavy atom. The van der Waals surface area contributed by atoms with Gasteiger partial charge in [-0.2, -0.15) is 0 Å². The molecule has 3 rings (SSSR count). The molecule has 1 saturated heterocycles. The Morgan fingerprint density at radius 3 is 2.92 bits per heavy atom. The summed E-state index contributed by atoms with van der Waals surface area (Å²) in [5, 5.41) is 3.82. The molecule has 0 spiro atoms. The van der Waals surface area contributed by atoms with Crippen molar-refractivity contribution >= 4 is 16.8 Å².